The largest absolute Gasteiger partial charge is 0.378 e. The Morgan fingerprint density at radius 1 is 1.26 bits per heavy atom. The zero-order valence-electron chi connectivity index (χ0n) is 12.2. The van der Waals surface area contributed by atoms with E-state index in [2.05, 4.69) is 56.0 Å². The van der Waals surface area contributed by atoms with Crippen LogP contribution in [0, 0.1) is 16.7 Å². The predicted molar refractivity (Wildman–Crippen MR) is 77.3 cm³/mol. The Morgan fingerprint density at radius 2 is 1.84 bits per heavy atom. The summed E-state index contributed by atoms with van der Waals surface area (Å²) < 4.78 is 5.18. The van der Waals surface area contributed by atoms with E-state index in [1.807, 2.05) is 7.05 Å². The van der Waals surface area contributed by atoms with Crippen LogP contribution in [-0.2, 0) is 10.2 Å². The molecule has 1 fully saturated rings. The highest BCUT2D eigenvalue weighted by Gasteiger charge is 2.40. The van der Waals surface area contributed by atoms with Crippen molar-refractivity contribution in [1.82, 2.24) is 0 Å². The Balaban J connectivity index is 2.08. The molecule has 1 saturated heterocycles. The summed E-state index contributed by atoms with van der Waals surface area (Å²) in [5, 5.41) is 9.23. The van der Waals surface area contributed by atoms with Crippen LogP contribution in [0.1, 0.15) is 26.3 Å². The lowest BCUT2D eigenvalue weighted by Crippen LogP contribution is -2.49. The average Bonchev–Trinajstić information content (AvgIpc) is 2.32. The Labute approximate surface area is 115 Å². The van der Waals surface area contributed by atoms with Gasteiger partial charge in [-0.25, -0.2) is 0 Å². The second-order valence-electron chi connectivity index (χ2n) is 6.54. The van der Waals surface area contributed by atoms with Crippen molar-refractivity contribution in [3.8, 4) is 6.07 Å². The molecule has 1 heterocycles. The molecular formula is C16H22N2O. The number of nitrogens with zero attached hydrogens (tertiary/aromatic N) is 2. The number of hydrogen-bond acceptors (Lipinski definition) is 3. The van der Waals surface area contributed by atoms with Crippen molar-refractivity contribution >= 4 is 5.69 Å². The molecule has 2 rings (SSSR count). The summed E-state index contributed by atoms with van der Waals surface area (Å²) in [6.45, 7) is 8.45. The van der Waals surface area contributed by atoms with Crippen LogP contribution in [0.4, 0.5) is 5.69 Å². The molecule has 0 atom stereocenters. The van der Waals surface area contributed by atoms with Crippen LogP contribution in [0.15, 0.2) is 24.3 Å². The van der Waals surface area contributed by atoms with Crippen LogP contribution in [0.25, 0.3) is 0 Å². The van der Waals surface area contributed by atoms with Gasteiger partial charge in [0.1, 0.15) is 5.41 Å². The molecule has 1 aromatic carbocycles. The minimum Gasteiger partial charge on any atom is -0.378 e. The maximum atomic E-state index is 9.23. The molecule has 0 bridgehead atoms. The topological polar surface area (TPSA) is 36.3 Å². The van der Waals surface area contributed by atoms with Gasteiger partial charge in [-0.3, -0.25) is 0 Å². The lowest BCUT2D eigenvalue weighted by atomic mass is 9.86. The van der Waals surface area contributed by atoms with Gasteiger partial charge in [0.15, 0.2) is 0 Å². The van der Waals surface area contributed by atoms with Crippen molar-refractivity contribution in [2.24, 2.45) is 5.41 Å². The fourth-order valence-corrected chi connectivity index (χ4v) is 2.30. The summed E-state index contributed by atoms with van der Waals surface area (Å²) in [5.41, 5.74) is 2.32. The van der Waals surface area contributed by atoms with E-state index in [9.17, 15) is 5.26 Å². The number of hydrogen-bond donors (Lipinski definition) is 0. The number of rotatable bonds is 3. The number of ether oxygens (including phenoxy) is 1. The van der Waals surface area contributed by atoms with E-state index in [1.165, 1.54) is 5.56 Å². The SMILES string of the molecule is CN(CC1(C#N)COC1)c1ccc(C(C)(C)C)cc1. The summed E-state index contributed by atoms with van der Waals surface area (Å²) in [7, 11) is 2.03. The number of benzene rings is 1. The first-order chi connectivity index (χ1) is 8.86. The van der Waals surface area contributed by atoms with E-state index in [1.54, 1.807) is 0 Å². The van der Waals surface area contributed by atoms with Gasteiger partial charge in [0, 0.05) is 19.3 Å². The Kier molecular flexibility index (Phi) is 3.56. The van der Waals surface area contributed by atoms with Gasteiger partial charge in [0.25, 0.3) is 0 Å². The van der Waals surface area contributed by atoms with Crippen molar-refractivity contribution in [2.45, 2.75) is 26.2 Å². The maximum Gasteiger partial charge on any atom is 0.121 e. The molecular weight excluding hydrogens is 236 g/mol. The molecule has 3 nitrogen and oxygen atoms in total. The van der Waals surface area contributed by atoms with Gasteiger partial charge in [-0.2, -0.15) is 5.26 Å². The van der Waals surface area contributed by atoms with Crippen LogP contribution in [0.2, 0.25) is 0 Å². The molecule has 1 aliphatic rings. The molecule has 0 unspecified atom stereocenters. The molecule has 0 spiro atoms. The molecule has 0 N–H and O–H groups in total. The minimum atomic E-state index is -0.322. The summed E-state index contributed by atoms with van der Waals surface area (Å²) in [6, 6.07) is 11.0. The summed E-state index contributed by atoms with van der Waals surface area (Å²) in [5.74, 6) is 0. The van der Waals surface area contributed by atoms with Gasteiger partial charge < -0.3 is 9.64 Å². The quantitative estimate of drug-likeness (QED) is 0.836. The standard InChI is InChI=1S/C16H22N2O/c1-15(2,3)13-5-7-14(8-6-13)18(4)10-16(9-17)11-19-12-16/h5-8H,10-12H2,1-4H3. The molecule has 102 valence electrons. The first kappa shape index (κ1) is 13.9. The van der Waals surface area contributed by atoms with E-state index in [0.717, 1.165) is 12.2 Å². The molecule has 0 amide bonds. The summed E-state index contributed by atoms with van der Waals surface area (Å²) in [6.07, 6.45) is 0. The highest BCUT2D eigenvalue weighted by Crippen LogP contribution is 2.30. The fourth-order valence-electron chi connectivity index (χ4n) is 2.30. The van der Waals surface area contributed by atoms with Crippen LogP contribution in [0.5, 0.6) is 0 Å². The fraction of sp³-hybridized carbons (Fsp3) is 0.562. The second-order valence-corrected chi connectivity index (χ2v) is 6.54. The van der Waals surface area contributed by atoms with Gasteiger partial charge in [0.2, 0.25) is 0 Å². The van der Waals surface area contributed by atoms with E-state index in [4.69, 9.17) is 4.74 Å². The lowest BCUT2D eigenvalue weighted by molar-refractivity contribution is -0.0716. The average molecular weight is 258 g/mol. The highest BCUT2D eigenvalue weighted by molar-refractivity contribution is 5.48. The molecule has 0 aromatic heterocycles. The second kappa shape index (κ2) is 4.86. The van der Waals surface area contributed by atoms with Crippen LogP contribution in [-0.4, -0.2) is 26.8 Å². The molecule has 0 aliphatic carbocycles. The van der Waals surface area contributed by atoms with Gasteiger partial charge in [0.05, 0.1) is 19.3 Å². The monoisotopic (exact) mass is 258 g/mol. The van der Waals surface area contributed by atoms with Gasteiger partial charge >= 0.3 is 0 Å². The number of nitriles is 1. The maximum absolute atomic E-state index is 9.23. The van der Waals surface area contributed by atoms with Crippen LogP contribution in [0.3, 0.4) is 0 Å². The zero-order valence-corrected chi connectivity index (χ0v) is 12.2. The normalized spacial score (nSPS) is 17.4. The minimum absolute atomic E-state index is 0.173. The Morgan fingerprint density at radius 3 is 2.21 bits per heavy atom. The van der Waals surface area contributed by atoms with Gasteiger partial charge in [-0.15, -0.1) is 0 Å². The zero-order chi connectivity index (χ0) is 14.1. The van der Waals surface area contributed by atoms with Crippen LogP contribution >= 0.6 is 0 Å². The summed E-state index contributed by atoms with van der Waals surface area (Å²) in [4.78, 5) is 2.14. The van der Waals surface area contributed by atoms with Crippen molar-refractivity contribution in [1.29, 1.82) is 5.26 Å². The Hall–Kier alpha value is -1.53. The third-order valence-electron chi connectivity index (χ3n) is 3.71. The first-order valence-electron chi connectivity index (χ1n) is 6.67. The van der Waals surface area contributed by atoms with Crippen LogP contribution < -0.4 is 4.90 Å². The Bertz CT molecular complexity index is 475. The van der Waals surface area contributed by atoms with Crippen molar-refractivity contribution in [2.75, 3.05) is 31.7 Å². The van der Waals surface area contributed by atoms with E-state index >= 15 is 0 Å². The van der Waals surface area contributed by atoms with Crippen molar-refractivity contribution < 1.29 is 4.74 Å². The van der Waals surface area contributed by atoms with Gasteiger partial charge in [-0.1, -0.05) is 32.9 Å². The first-order valence-corrected chi connectivity index (χ1v) is 6.67. The molecule has 1 aliphatic heterocycles. The smallest absolute Gasteiger partial charge is 0.121 e. The van der Waals surface area contributed by atoms with E-state index in [0.29, 0.717) is 13.2 Å². The summed E-state index contributed by atoms with van der Waals surface area (Å²) >= 11 is 0. The number of anilines is 1. The highest BCUT2D eigenvalue weighted by atomic mass is 16.5. The molecule has 3 heteroatoms. The molecule has 0 radical (unpaired) electrons. The van der Waals surface area contributed by atoms with E-state index < -0.39 is 0 Å². The predicted octanol–water partition coefficient (Wildman–Crippen LogP) is 2.96. The molecule has 19 heavy (non-hydrogen) atoms. The third kappa shape index (κ3) is 2.90. The molecule has 1 aromatic rings. The van der Waals surface area contributed by atoms with Crippen molar-refractivity contribution in [3.63, 3.8) is 0 Å². The van der Waals surface area contributed by atoms with Crippen molar-refractivity contribution in [3.05, 3.63) is 29.8 Å². The van der Waals surface area contributed by atoms with E-state index in [-0.39, 0.29) is 10.8 Å². The van der Waals surface area contributed by atoms with Gasteiger partial charge in [-0.05, 0) is 23.1 Å². The molecule has 0 saturated carbocycles. The lowest BCUT2D eigenvalue weighted by Gasteiger charge is -2.38. The third-order valence-corrected chi connectivity index (χ3v) is 3.71.